The van der Waals surface area contributed by atoms with Gasteiger partial charge in [-0.25, -0.2) is 4.79 Å². The van der Waals surface area contributed by atoms with Crippen molar-refractivity contribution in [2.24, 2.45) is 0 Å². The van der Waals surface area contributed by atoms with Gasteiger partial charge < -0.3 is 23.7 Å². The lowest BCUT2D eigenvalue weighted by Gasteiger charge is -2.16. The molecule has 3 rings (SSSR count). The number of carbonyl (C=O) groups is 1. The second-order valence-electron chi connectivity index (χ2n) is 5.74. The van der Waals surface area contributed by atoms with Crippen molar-refractivity contribution in [1.29, 1.82) is 0 Å². The van der Waals surface area contributed by atoms with Crippen LogP contribution in [0.1, 0.15) is 21.7 Å². The first-order valence-corrected chi connectivity index (χ1v) is 8.28. The molecule has 0 saturated carbocycles. The predicted octanol–water partition coefficient (Wildman–Crippen LogP) is 3.69. The van der Waals surface area contributed by atoms with Crippen molar-refractivity contribution in [2.75, 3.05) is 21.3 Å². The number of hydrogen-bond acceptors (Lipinski definition) is 6. The molecule has 1 aromatic heterocycles. The summed E-state index contributed by atoms with van der Waals surface area (Å²) in [6.07, 6.45) is 3.43. The molecule has 0 saturated heterocycles. The molecule has 0 atom stereocenters. The van der Waals surface area contributed by atoms with Crippen molar-refractivity contribution in [3.8, 4) is 17.2 Å². The van der Waals surface area contributed by atoms with Gasteiger partial charge in [-0.1, -0.05) is 36.4 Å². The molecule has 144 valence electrons. The maximum absolute atomic E-state index is 12.8. The standard InChI is InChI=1S/C21H18O7/c1-25-17-15-14(22)11-13(10-9-12-7-5-4-6-8-12)28-19(15)20(27-3)18(26-2)16(17)21(23)24/h4-11H,1-3H3,(H,23,24). The molecule has 1 heterocycles. The first-order valence-electron chi connectivity index (χ1n) is 8.28. The smallest absolute Gasteiger partial charge is 0.343 e. The minimum absolute atomic E-state index is 0.00256. The van der Waals surface area contributed by atoms with E-state index >= 15 is 0 Å². The summed E-state index contributed by atoms with van der Waals surface area (Å²) >= 11 is 0. The number of hydrogen-bond donors (Lipinski definition) is 1. The van der Waals surface area contributed by atoms with Gasteiger partial charge >= 0.3 is 5.97 Å². The lowest BCUT2D eigenvalue weighted by molar-refractivity contribution is 0.0689. The highest BCUT2D eigenvalue weighted by molar-refractivity contribution is 6.05. The van der Waals surface area contributed by atoms with E-state index in [1.54, 1.807) is 12.2 Å². The van der Waals surface area contributed by atoms with Crippen LogP contribution in [0.3, 0.4) is 0 Å². The summed E-state index contributed by atoms with van der Waals surface area (Å²) in [4.78, 5) is 24.5. The molecule has 0 aliphatic rings. The average Bonchev–Trinajstić information content (AvgIpc) is 2.70. The lowest BCUT2D eigenvalue weighted by Crippen LogP contribution is -2.11. The molecular weight excluding hydrogens is 364 g/mol. The molecule has 0 fully saturated rings. The third kappa shape index (κ3) is 3.29. The number of aromatic carboxylic acids is 1. The van der Waals surface area contributed by atoms with Gasteiger partial charge in [0.2, 0.25) is 5.75 Å². The number of methoxy groups -OCH3 is 3. The Hall–Kier alpha value is -3.74. The highest BCUT2D eigenvalue weighted by Crippen LogP contribution is 2.44. The predicted molar refractivity (Wildman–Crippen MR) is 104 cm³/mol. The Morgan fingerprint density at radius 2 is 1.61 bits per heavy atom. The monoisotopic (exact) mass is 382 g/mol. The average molecular weight is 382 g/mol. The lowest BCUT2D eigenvalue weighted by atomic mass is 10.1. The normalized spacial score (nSPS) is 11.0. The van der Waals surface area contributed by atoms with Gasteiger partial charge in [-0.05, 0) is 11.6 Å². The Morgan fingerprint density at radius 1 is 0.964 bits per heavy atom. The molecule has 3 aromatic rings. The zero-order valence-electron chi connectivity index (χ0n) is 15.5. The summed E-state index contributed by atoms with van der Waals surface area (Å²) in [7, 11) is 3.91. The second-order valence-corrected chi connectivity index (χ2v) is 5.74. The fourth-order valence-electron chi connectivity index (χ4n) is 2.93. The number of carboxylic acid groups (broad SMARTS) is 1. The molecular formula is C21H18O7. The third-order valence-electron chi connectivity index (χ3n) is 4.13. The third-order valence-corrected chi connectivity index (χ3v) is 4.13. The summed E-state index contributed by atoms with van der Waals surface area (Å²) < 4.78 is 21.6. The van der Waals surface area contributed by atoms with Gasteiger partial charge in [0.25, 0.3) is 0 Å². The van der Waals surface area contributed by atoms with Crippen LogP contribution in [0.4, 0.5) is 0 Å². The number of ether oxygens (including phenoxy) is 3. The molecule has 0 bridgehead atoms. The Labute approximate surface area is 160 Å². The SMILES string of the molecule is COc1c(C(=O)O)c(OC)c2c(=O)cc(C=Cc3ccccc3)oc2c1OC. The van der Waals surface area contributed by atoms with E-state index in [0.29, 0.717) is 0 Å². The summed E-state index contributed by atoms with van der Waals surface area (Å²) in [5.74, 6) is -1.28. The molecule has 2 aromatic carbocycles. The molecule has 7 nitrogen and oxygen atoms in total. The van der Waals surface area contributed by atoms with Crippen molar-refractivity contribution in [1.82, 2.24) is 0 Å². The van der Waals surface area contributed by atoms with E-state index in [0.717, 1.165) is 5.56 Å². The largest absolute Gasteiger partial charge is 0.495 e. The number of rotatable bonds is 6. The van der Waals surface area contributed by atoms with E-state index in [2.05, 4.69) is 0 Å². The fourth-order valence-corrected chi connectivity index (χ4v) is 2.93. The molecule has 0 amide bonds. The van der Waals surface area contributed by atoms with Gasteiger partial charge in [0.15, 0.2) is 22.5 Å². The number of fused-ring (bicyclic) bond motifs is 1. The molecule has 0 unspecified atom stereocenters. The van der Waals surface area contributed by atoms with Crippen molar-refractivity contribution in [3.63, 3.8) is 0 Å². The topological polar surface area (TPSA) is 95.2 Å². The second kappa shape index (κ2) is 7.87. The van der Waals surface area contributed by atoms with Gasteiger partial charge in [-0.3, -0.25) is 4.79 Å². The van der Waals surface area contributed by atoms with Gasteiger partial charge in [0, 0.05) is 6.07 Å². The Morgan fingerprint density at radius 3 is 2.18 bits per heavy atom. The minimum Gasteiger partial charge on any atom is -0.495 e. The van der Waals surface area contributed by atoms with Crippen LogP contribution in [0.25, 0.3) is 23.1 Å². The van der Waals surface area contributed by atoms with Crippen LogP contribution < -0.4 is 19.6 Å². The van der Waals surface area contributed by atoms with E-state index in [9.17, 15) is 14.7 Å². The van der Waals surface area contributed by atoms with E-state index in [1.165, 1.54) is 27.4 Å². The van der Waals surface area contributed by atoms with E-state index in [4.69, 9.17) is 18.6 Å². The summed E-state index contributed by atoms with van der Waals surface area (Å²) in [5, 5.41) is 9.55. The molecule has 0 radical (unpaired) electrons. The fraction of sp³-hybridized carbons (Fsp3) is 0.143. The number of carboxylic acids is 1. The van der Waals surface area contributed by atoms with Gasteiger partial charge in [-0.15, -0.1) is 0 Å². The van der Waals surface area contributed by atoms with Crippen molar-refractivity contribution < 1.29 is 28.5 Å². The minimum atomic E-state index is -1.32. The van der Waals surface area contributed by atoms with Gasteiger partial charge in [0.05, 0.1) is 21.3 Å². The summed E-state index contributed by atoms with van der Waals surface area (Å²) in [6.45, 7) is 0. The van der Waals surface area contributed by atoms with E-state index < -0.39 is 11.4 Å². The van der Waals surface area contributed by atoms with Crippen LogP contribution >= 0.6 is 0 Å². The van der Waals surface area contributed by atoms with Crippen molar-refractivity contribution in [3.05, 3.63) is 63.5 Å². The molecule has 0 spiro atoms. The Kier molecular flexibility index (Phi) is 5.35. The molecule has 0 aliphatic heterocycles. The van der Waals surface area contributed by atoms with Crippen LogP contribution in [-0.4, -0.2) is 32.4 Å². The highest BCUT2D eigenvalue weighted by Gasteiger charge is 2.29. The van der Waals surface area contributed by atoms with Gasteiger partial charge in [0.1, 0.15) is 16.7 Å². The van der Waals surface area contributed by atoms with Crippen LogP contribution in [0.15, 0.2) is 45.6 Å². The summed E-state index contributed by atoms with van der Waals surface area (Å²) in [5.41, 5.74) is 0.193. The first-order chi connectivity index (χ1) is 13.5. The zero-order chi connectivity index (χ0) is 20.3. The summed E-state index contributed by atoms with van der Waals surface area (Å²) in [6, 6.07) is 10.8. The number of benzene rings is 2. The zero-order valence-corrected chi connectivity index (χ0v) is 15.5. The highest BCUT2D eigenvalue weighted by atomic mass is 16.5. The van der Waals surface area contributed by atoms with E-state index in [1.807, 2.05) is 30.3 Å². The maximum Gasteiger partial charge on any atom is 0.343 e. The molecule has 7 heteroatoms. The first kappa shape index (κ1) is 19.0. The Bertz CT molecular complexity index is 1110. The molecule has 28 heavy (non-hydrogen) atoms. The van der Waals surface area contributed by atoms with Crippen LogP contribution in [0.5, 0.6) is 17.2 Å². The molecule has 1 N–H and O–H groups in total. The molecule has 0 aliphatic carbocycles. The van der Waals surface area contributed by atoms with Crippen LogP contribution in [0, 0.1) is 0 Å². The van der Waals surface area contributed by atoms with Crippen molar-refractivity contribution >= 4 is 29.1 Å². The van der Waals surface area contributed by atoms with Crippen LogP contribution in [0.2, 0.25) is 0 Å². The van der Waals surface area contributed by atoms with E-state index in [-0.39, 0.29) is 39.5 Å². The Balaban J connectivity index is 2.32. The quantitative estimate of drug-likeness (QED) is 0.695. The van der Waals surface area contributed by atoms with Gasteiger partial charge in [-0.2, -0.15) is 0 Å². The van der Waals surface area contributed by atoms with Crippen molar-refractivity contribution in [2.45, 2.75) is 0 Å². The maximum atomic E-state index is 12.8. The van der Waals surface area contributed by atoms with Crippen LogP contribution in [-0.2, 0) is 0 Å².